The number of aromatic nitrogens is 4. The van der Waals surface area contributed by atoms with E-state index in [4.69, 9.17) is 4.74 Å². The molecule has 0 radical (unpaired) electrons. The molecule has 0 aromatic carbocycles. The molecule has 3 rings (SSSR count). The first-order valence-corrected chi connectivity index (χ1v) is 7.58. The van der Waals surface area contributed by atoms with Crippen LogP contribution >= 0.6 is 0 Å². The Morgan fingerprint density at radius 2 is 2.36 bits per heavy atom. The number of anilines is 2. The number of aromatic amines is 1. The van der Waals surface area contributed by atoms with Crippen molar-refractivity contribution in [2.45, 2.75) is 18.9 Å². The molecule has 3 heterocycles. The highest BCUT2D eigenvalue weighted by Gasteiger charge is 2.28. The summed E-state index contributed by atoms with van der Waals surface area (Å²) in [7, 11) is 3.87. The second-order valence-electron chi connectivity index (χ2n) is 5.74. The van der Waals surface area contributed by atoms with Gasteiger partial charge in [0.05, 0.1) is 12.3 Å². The van der Waals surface area contributed by atoms with Crippen LogP contribution in [0.5, 0.6) is 0 Å². The molecule has 0 saturated carbocycles. The van der Waals surface area contributed by atoms with Crippen molar-refractivity contribution >= 4 is 11.8 Å². The van der Waals surface area contributed by atoms with Crippen molar-refractivity contribution in [3.63, 3.8) is 0 Å². The van der Waals surface area contributed by atoms with E-state index in [0.29, 0.717) is 11.9 Å². The van der Waals surface area contributed by atoms with Gasteiger partial charge in [-0.1, -0.05) is 0 Å². The standard InChI is InChI=1S/C15H22N6O/c1-21(2)15-16-6-5-13(20-15)17-8-11-4-3-7-22-14(11)12-9-18-19-10-12/h5-6,9-11,14H,3-4,7-8H2,1-2H3,(H,18,19)(H,16,17,20)/t11-,14+/m0/s1. The third-order valence-electron chi connectivity index (χ3n) is 3.88. The zero-order valence-corrected chi connectivity index (χ0v) is 13.0. The van der Waals surface area contributed by atoms with E-state index in [1.54, 1.807) is 6.20 Å². The summed E-state index contributed by atoms with van der Waals surface area (Å²) in [5, 5.41) is 10.3. The molecule has 0 amide bonds. The highest BCUT2D eigenvalue weighted by Crippen LogP contribution is 2.33. The molecule has 0 bridgehead atoms. The molecule has 1 saturated heterocycles. The summed E-state index contributed by atoms with van der Waals surface area (Å²) in [6.07, 6.45) is 7.85. The third kappa shape index (κ3) is 3.36. The fourth-order valence-corrected chi connectivity index (χ4v) is 2.74. The summed E-state index contributed by atoms with van der Waals surface area (Å²) in [5.41, 5.74) is 1.11. The van der Waals surface area contributed by atoms with Crippen molar-refractivity contribution < 1.29 is 4.74 Å². The maximum atomic E-state index is 5.94. The van der Waals surface area contributed by atoms with Gasteiger partial charge in [0, 0.05) is 51.1 Å². The molecule has 1 aliphatic heterocycles. The van der Waals surface area contributed by atoms with Crippen LogP contribution < -0.4 is 10.2 Å². The Bertz CT molecular complexity index is 585. The molecule has 118 valence electrons. The van der Waals surface area contributed by atoms with Gasteiger partial charge < -0.3 is 15.0 Å². The van der Waals surface area contributed by atoms with E-state index in [1.807, 2.05) is 37.5 Å². The van der Waals surface area contributed by atoms with Crippen LogP contribution in [0.3, 0.4) is 0 Å². The minimum Gasteiger partial charge on any atom is -0.373 e. The van der Waals surface area contributed by atoms with Crippen molar-refractivity contribution in [3.05, 3.63) is 30.2 Å². The Morgan fingerprint density at radius 3 is 3.14 bits per heavy atom. The fourth-order valence-electron chi connectivity index (χ4n) is 2.74. The van der Waals surface area contributed by atoms with Crippen molar-refractivity contribution in [2.75, 3.05) is 37.5 Å². The van der Waals surface area contributed by atoms with Gasteiger partial charge in [-0.2, -0.15) is 10.1 Å². The molecule has 2 atom stereocenters. The van der Waals surface area contributed by atoms with Crippen molar-refractivity contribution in [2.24, 2.45) is 5.92 Å². The van der Waals surface area contributed by atoms with E-state index in [1.165, 1.54) is 0 Å². The lowest BCUT2D eigenvalue weighted by Gasteiger charge is -2.31. The van der Waals surface area contributed by atoms with Crippen LogP contribution in [0, 0.1) is 5.92 Å². The smallest absolute Gasteiger partial charge is 0.226 e. The summed E-state index contributed by atoms with van der Waals surface area (Å²) >= 11 is 0. The minimum atomic E-state index is 0.0927. The molecule has 0 aliphatic carbocycles. The Morgan fingerprint density at radius 1 is 1.45 bits per heavy atom. The average molecular weight is 302 g/mol. The van der Waals surface area contributed by atoms with Gasteiger partial charge in [-0.05, 0) is 18.9 Å². The average Bonchev–Trinajstić information content (AvgIpc) is 3.08. The van der Waals surface area contributed by atoms with Crippen LogP contribution in [-0.2, 0) is 4.74 Å². The largest absolute Gasteiger partial charge is 0.373 e. The van der Waals surface area contributed by atoms with Crippen molar-refractivity contribution in [3.8, 4) is 0 Å². The molecule has 1 aliphatic rings. The molecule has 7 nitrogen and oxygen atoms in total. The monoisotopic (exact) mass is 302 g/mol. The normalized spacial score (nSPS) is 21.5. The third-order valence-corrected chi connectivity index (χ3v) is 3.88. The Kier molecular flexibility index (Phi) is 4.53. The van der Waals surface area contributed by atoms with Gasteiger partial charge in [0.25, 0.3) is 0 Å². The molecule has 2 aromatic rings. The van der Waals surface area contributed by atoms with Crippen LogP contribution in [0.2, 0.25) is 0 Å². The maximum absolute atomic E-state index is 5.94. The predicted molar refractivity (Wildman–Crippen MR) is 84.9 cm³/mol. The first kappa shape index (κ1) is 14.8. The van der Waals surface area contributed by atoms with Gasteiger partial charge in [0.2, 0.25) is 5.95 Å². The van der Waals surface area contributed by atoms with Crippen LogP contribution in [0.15, 0.2) is 24.7 Å². The predicted octanol–water partition coefficient (Wildman–Crippen LogP) is 1.85. The zero-order chi connectivity index (χ0) is 15.4. The van der Waals surface area contributed by atoms with Gasteiger partial charge in [0.1, 0.15) is 5.82 Å². The minimum absolute atomic E-state index is 0.0927. The van der Waals surface area contributed by atoms with Crippen LogP contribution in [-0.4, -0.2) is 47.4 Å². The molecule has 0 spiro atoms. The highest BCUT2D eigenvalue weighted by molar-refractivity contribution is 5.40. The van der Waals surface area contributed by atoms with Gasteiger partial charge in [-0.15, -0.1) is 0 Å². The number of hydrogen-bond acceptors (Lipinski definition) is 6. The quantitative estimate of drug-likeness (QED) is 0.877. The second kappa shape index (κ2) is 6.74. The summed E-state index contributed by atoms with van der Waals surface area (Å²) in [5.74, 6) is 1.95. The van der Waals surface area contributed by atoms with Crippen LogP contribution in [0.25, 0.3) is 0 Å². The van der Waals surface area contributed by atoms with Gasteiger partial charge in [0.15, 0.2) is 0 Å². The highest BCUT2D eigenvalue weighted by atomic mass is 16.5. The lowest BCUT2D eigenvalue weighted by atomic mass is 9.91. The van der Waals surface area contributed by atoms with E-state index in [-0.39, 0.29) is 6.10 Å². The Balaban J connectivity index is 1.65. The lowest BCUT2D eigenvalue weighted by Crippen LogP contribution is -2.28. The molecular formula is C15H22N6O. The lowest BCUT2D eigenvalue weighted by molar-refractivity contribution is -0.0238. The summed E-state index contributed by atoms with van der Waals surface area (Å²) in [6, 6.07) is 1.89. The second-order valence-corrected chi connectivity index (χ2v) is 5.74. The summed E-state index contributed by atoms with van der Waals surface area (Å²) < 4.78 is 5.94. The van der Waals surface area contributed by atoms with Crippen LogP contribution in [0.1, 0.15) is 24.5 Å². The number of ether oxygens (including phenoxy) is 1. The number of nitrogens with zero attached hydrogens (tertiary/aromatic N) is 4. The first-order chi connectivity index (χ1) is 10.7. The number of hydrogen-bond donors (Lipinski definition) is 2. The van der Waals surface area contributed by atoms with Gasteiger partial charge >= 0.3 is 0 Å². The molecular weight excluding hydrogens is 280 g/mol. The zero-order valence-electron chi connectivity index (χ0n) is 13.0. The maximum Gasteiger partial charge on any atom is 0.226 e. The first-order valence-electron chi connectivity index (χ1n) is 7.58. The molecule has 0 unspecified atom stereocenters. The SMILES string of the molecule is CN(C)c1nccc(NC[C@@H]2CCCO[C@H]2c2cn[nH]c2)n1. The van der Waals surface area contributed by atoms with Gasteiger partial charge in [-0.3, -0.25) is 5.10 Å². The van der Waals surface area contributed by atoms with E-state index in [9.17, 15) is 0 Å². The van der Waals surface area contributed by atoms with Crippen molar-refractivity contribution in [1.82, 2.24) is 20.2 Å². The fraction of sp³-hybridized carbons (Fsp3) is 0.533. The van der Waals surface area contributed by atoms with Gasteiger partial charge in [-0.25, -0.2) is 4.98 Å². The molecule has 2 N–H and O–H groups in total. The summed E-state index contributed by atoms with van der Waals surface area (Å²) in [4.78, 5) is 10.6. The Labute approximate surface area is 130 Å². The molecule has 7 heteroatoms. The number of H-pyrrole nitrogens is 1. The number of rotatable bonds is 5. The number of nitrogens with one attached hydrogen (secondary N) is 2. The topological polar surface area (TPSA) is 79.0 Å². The Hall–Kier alpha value is -2.15. The van der Waals surface area contributed by atoms with E-state index >= 15 is 0 Å². The summed E-state index contributed by atoms with van der Waals surface area (Å²) in [6.45, 7) is 1.63. The van der Waals surface area contributed by atoms with E-state index in [0.717, 1.165) is 37.4 Å². The molecule has 22 heavy (non-hydrogen) atoms. The van der Waals surface area contributed by atoms with E-state index in [2.05, 4.69) is 25.5 Å². The van der Waals surface area contributed by atoms with Crippen LogP contribution in [0.4, 0.5) is 11.8 Å². The molecule has 1 fully saturated rings. The molecule has 2 aromatic heterocycles. The van der Waals surface area contributed by atoms with E-state index < -0.39 is 0 Å². The van der Waals surface area contributed by atoms with Crippen molar-refractivity contribution in [1.29, 1.82) is 0 Å².